The van der Waals surface area contributed by atoms with Crippen LogP contribution in [0.5, 0.6) is 0 Å². The van der Waals surface area contributed by atoms with Crippen molar-refractivity contribution >= 4 is 0 Å². The Morgan fingerprint density at radius 1 is 1.05 bits per heavy atom. The van der Waals surface area contributed by atoms with Crippen molar-refractivity contribution in [3.63, 3.8) is 0 Å². The van der Waals surface area contributed by atoms with E-state index in [2.05, 4.69) is 61.1 Å². The fourth-order valence-corrected chi connectivity index (χ4v) is 3.07. The van der Waals surface area contributed by atoms with E-state index in [0.29, 0.717) is 6.04 Å². The van der Waals surface area contributed by atoms with Crippen LogP contribution in [0.15, 0.2) is 18.2 Å². The van der Waals surface area contributed by atoms with Gasteiger partial charge in [0.2, 0.25) is 0 Å². The van der Waals surface area contributed by atoms with Gasteiger partial charge in [-0.2, -0.15) is 0 Å². The number of likely N-dealkylation sites (N-methyl/N-ethyl adjacent to an activating group) is 1. The third kappa shape index (κ3) is 5.42. The second-order valence-corrected chi connectivity index (χ2v) is 6.60. The Morgan fingerprint density at radius 2 is 1.67 bits per heavy atom. The van der Waals surface area contributed by atoms with Crippen LogP contribution in [0.3, 0.4) is 0 Å². The molecule has 0 saturated carbocycles. The van der Waals surface area contributed by atoms with Gasteiger partial charge >= 0.3 is 0 Å². The molecule has 1 aromatic carbocycles. The van der Waals surface area contributed by atoms with Gasteiger partial charge in [-0.25, -0.2) is 0 Å². The van der Waals surface area contributed by atoms with Crippen molar-refractivity contribution < 1.29 is 0 Å². The molecule has 1 atom stereocenters. The Hall–Kier alpha value is -0.900. The molecule has 118 valence electrons. The maximum atomic E-state index is 3.66. The summed E-state index contributed by atoms with van der Waals surface area (Å²) in [5.41, 5.74) is 4.12. The molecule has 1 heterocycles. The van der Waals surface area contributed by atoms with Crippen molar-refractivity contribution in [2.24, 2.45) is 0 Å². The summed E-state index contributed by atoms with van der Waals surface area (Å²) in [6, 6.07) is 7.27. The SMILES string of the molecule is Cc1cc(C)cc(C(C)NCCCN2CCN(C)CC2)c1. The monoisotopic (exact) mass is 289 g/mol. The van der Waals surface area contributed by atoms with Crippen molar-refractivity contribution in [1.82, 2.24) is 15.1 Å². The minimum atomic E-state index is 0.441. The molecule has 0 aliphatic carbocycles. The summed E-state index contributed by atoms with van der Waals surface area (Å²) < 4.78 is 0. The average Bonchev–Trinajstić information content (AvgIpc) is 2.44. The predicted octanol–water partition coefficient (Wildman–Crippen LogP) is 2.59. The maximum absolute atomic E-state index is 3.66. The van der Waals surface area contributed by atoms with Crippen LogP contribution in [0.25, 0.3) is 0 Å². The molecule has 21 heavy (non-hydrogen) atoms. The van der Waals surface area contributed by atoms with E-state index in [4.69, 9.17) is 0 Å². The summed E-state index contributed by atoms with van der Waals surface area (Å²) in [5.74, 6) is 0. The van der Waals surface area contributed by atoms with Crippen LogP contribution in [0.4, 0.5) is 0 Å². The van der Waals surface area contributed by atoms with Crippen LogP contribution in [0.2, 0.25) is 0 Å². The van der Waals surface area contributed by atoms with Gasteiger partial charge in [0.05, 0.1) is 0 Å². The summed E-state index contributed by atoms with van der Waals surface area (Å²) in [6.07, 6.45) is 1.23. The summed E-state index contributed by atoms with van der Waals surface area (Å²) in [5, 5.41) is 3.66. The Morgan fingerprint density at radius 3 is 2.29 bits per heavy atom. The van der Waals surface area contributed by atoms with E-state index in [1.54, 1.807) is 0 Å². The molecule has 3 nitrogen and oxygen atoms in total. The third-order valence-corrected chi connectivity index (χ3v) is 4.44. The van der Waals surface area contributed by atoms with Gasteiger partial charge in [0.15, 0.2) is 0 Å². The van der Waals surface area contributed by atoms with Gasteiger partial charge in [-0.05, 0) is 52.9 Å². The molecule has 2 rings (SSSR count). The summed E-state index contributed by atoms with van der Waals surface area (Å²) in [7, 11) is 2.21. The van der Waals surface area contributed by atoms with Crippen molar-refractivity contribution in [3.8, 4) is 0 Å². The van der Waals surface area contributed by atoms with E-state index in [9.17, 15) is 0 Å². The molecule has 0 spiro atoms. The van der Waals surface area contributed by atoms with Crippen molar-refractivity contribution in [1.29, 1.82) is 0 Å². The molecule has 0 bridgehead atoms. The predicted molar refractivity (Wildman–Crippen MR) is 90.9 cm³/mol. The molecule has 1 saturated heterocycles. The van der Waals surface area contributed by atoms with Gasteiger partial charge in [0.1, 0.15) is 0 Å². The van der Waals surface area contributed by atoms with Crippen molar-refractivity contribution in [2.75, 3.05) is 46.3 Å². The highest BCUT2D eigenvalue weighted by atomic mass is 15.2. The normalized spacial score (nSPS) is 18.9. The van der Waals surface area contributed by atoms with Gasteiger partial charge in [-0.3, -0.25) is 0 Å². The summed E-state index contributed by atoms with van der Waals surface area (Å²) in [6.45, 7) is 13.8. The lowest BCUT2D eigenvalue weighted by molar-refractivity contribution is 0.152. The zero-order valence-electron chi connectivity index (χ0n) is 14.2. The van der Waals surface area contributed by atoms with Crippen LogP contribution in [-0.4, -0.2) is 56.1 Å². The average molecular weight is 289 g/mol. The topological polar surface area (TPSA) is 18.5 Å². The summed E-state index contributed by atoms with van der Waals surface area (Å²) in [4.78, 5) is 5.00. The first-order valence-electron chi connectivity index (χ1n) is 8.27. The highest BCUT2D eigenvalue weighted by Gasteiger charge is 2.13. The Bertz CT molecular complexity index is 416. The Kier molecular flexibility index (Phi) is 6.22. The van der Waals surface area contributed by atoms with Gasteiger partial charge < -0.3 is 15.1 Å². The van der Waals surface area contributed by atoms with Crippen LogP contribution in [-0.2, 0) is 0 Å². The van der Waals surface area contributed by atoms with Gasteiger partial charge in [0.25, 0.3) is 0 Å². The molecule has 0 amide bonds. The number of hydrogen-bond donors (Lipinski definition) is 1. The second-order valence-electron chi connectivity index (χ2n) is 6.60. The fraction of sp³-hybridized carbons (Fsp3) is 0.667. The first kappa shape index (κ1) is 16.5. The number of rotatable bonds is 6. The fourth-order valence-electron chi connectivity index (χ4n) is 3.07. The number of nitrogens with one attached hydrogen (secondary N) is 1. The van der Waals surface area contributed by atoms with Crippen molar-refractivity contribution in [2.45, 2.75) is 33.2 Å². The van der Waals surface area contributed by atoms with E-state index in [-0.39, 0.29) is 0 Å². The first-order chi connectivity index (χ1) is 10.0. The summed E-state index contributed by atoms with van der Waals surface area (Å²) >= 11 is 0. The number of benzene rings is 1. The minimum absolute atomic E-state index is 0.441. The molecular formula is C18H31N3. The van der Waals surface area contributed by atoms with Gasteiger partial charge in [0, 0.05) is 32.2 Å². The highest BCUT2D eigenvalue weighted by Crippen LogP contribution is 2.16. The van der Waals surface area contributed by atoms with E-state index >= 15 is 0 Å². The van der Waals surface area contributed by atoms with Crippen LogP contribution in [0, 0.1) is 13.8 Å². The lowest BCUT2D eigenvalue weighted by Gasteiger charge is -2.32. The highest BCUT2D eigenvalue weighted by molar-refractivity contribution is 5.30. The molecule has 1 unspecified atom stereocenters. The van der Waals surface area contributed by atoms with E-state index in [0.717, 1.165) is 6.54 Å². The second kappa shape index (κ2) is 7.92. The molecular weight excluding hydrogens is 258 g/mol. The molecule has 0 aromatic heterocycles. The third-order valence-electron chi connectivity index (χ3n) is 4.44. The zero-order chi connectivity index (χ0) is 15.2. The number of nitrogens with zero attached hydrogens (tertiary/aromatic N) is 2. The lowest BCUT2D eigenvalue weighted by atomic mass is 10.0. The molecule has 1 aromatic rings. The lowest BCUT2D eigenvalue weighted by Crippen LogP contribution is -2.45. The molecule has 3 heteroatoms. The standard InChI is InChI=1S/C18H31N3/c1-15-12-16(2)14-18(13-15)17(3)19-6-5-7-21-10-8-20(4)9-11-21/h12-14,17,19H,5-11H2,1-4H3. The Labute approximate surface area is 130 Å². The van der Waals surface area contributed by atoms with Crippen molar-refractivity contribution in [3.05, 3.63) is 34.9 Å². The van der Waals surface area contributed by atoms with E-state index in [1.807, 2.05) is 0 Å². The van der Waals surface area contributed by atoms with E-state index in [1.165, 1.54) is 55.8 Å². The smallest absolute Gasteiger partial charge is 0.0291 e. The maximum Gasteiger partial charge on any atom is 0.0291 e. The largest absolute Gasteiger partial charge is 0.310 e. The zero-order valence-corrected chi connectivity index (χ0v) is 14.2. The van der Waals surface area contributed by atoms with Crippen LogP contribution in [0.1, 0.15) is 36.1 Å². The molecule has 0 radical (unpaired) electrons. The first-order valence-corrected chi connectivity index (χ1v) is 8.27. The van der Waals surface area contributed by atoms with Crippen LogP contribution < -0.4 is 5.32 Å². The van der Waals surface area contributed by atoms with Gasteiger partial charge in [-0.1, -0.05) is 29.3 Å². The Balaban J connectivity index is 1.68. The molecule has 1 fully saturated rings. The van der Waals surface area contributed by atoms with Crippen LogP contribution >= 0.6 is 0 Å². The minimum Gasteiger partial charge on any atom is -0.310 e. The number of hydrogen-bond acceptors (Lipinski definition) is 3. The van der Waals surface area contributed by atoms with Gasteiger partial charge in [-0.15, -0.1) is 0 Å². The molecule has 1 N–H and O–H groups in total. The number of aryl methyl sites for hydroxylation is 2. The molecule has 1 aliphatic heterocycles. The van der Waals surface area contributed by atoms with E-state index < -0.39 is 0 Å². The quantitative estimate of drug-likeness (QED) is 0.812. The number of piperazine rings is 1. The molecule has 1 aliphatic rings.